The summed E-state index contributed by atoms with van der Waals surface area (Å²) in [7, 11) is 0. The van der Waals surface area contributed by atoms with Gasteiger partial charge in [0.15, 0.2) is 0 Å². The molecule has 2 heterocycles. The normalized spacial score (nSPS) is 19.9. The van der Waals surface area contributed by atoms with Gasteiger partial charge in [-0.2, -0.15) is 0 Å². The van der Waals surface area contributed by atoms with Crippen molar-refractivity contribution in [3.8, 4) is 0 Å². The average molecular weight is 411 g/mol. The van der Waals surface area contributed by atoms with Crippen LogP contribution in [-0.2, 0) is 14.3 Å². The van der Waals surface area contributed by atoms with Gasteiger partial charge in [-0.25, -0.2) is 9.59 Å². The first-order valence-electron chi connectivity index (χ1n) is 9.83. The Balaban J connectivity index is 2.24. The molecular formula is C20H30N2O5S. The second-order valence-corrected chi connectivity index (χ2v) is 8.07. The molecule has 2 rings (SSSR count). The molecule has 1 N–H and O–H groups in total. The molecule has 0 radical (unpaired) electrons. The van der Waals surface area contributed by atoms with Crippen LogP contribution in [0.15, 0.2) is 0 Å². The van der Waals surface area contributed by atoms with Crippen LogP contribution in [0.1, 0.15) is 72.6 Å². The lowest BCUT2D eigenvalue weighted by atomic mass is 9.97. The summed E-state index contributed by atoms with van der Waals surface area (Å²) in [5, 5.41) is 3.16. The molecule has 1 fully saturated rings. The van der Waals surface area contributed by atoms with Gasteiger partial charge in [0.05, 0.1) is 25.3 Å². The molecule has 28 heavy (non-hydrogen) atoms. The van der Waals surface area contributed by atoms with E-state index >= 15 is 0 Å². The summed E-state index contributed by atoms with van der Waals surface area (Å²) in [6.45, 7) is 10.0. The number of amides is 1. The van der Waals surface area contributed by atoms with E-state index in [1.165, 1.54) is 6.42 Å². The van der Waals surface area contributed by atoms with Gasteiger partial charge in [0, 0.05) is 12.1 Å². The zero-order valence-electron chi connectivity index (χ0n) is 17.3. The third-order valence-corrected chi connectivity index (χ3v) is 6.23. The molecule has 1 saturated heterocycles. The van der Waals surface area contributed by atoms with Crippen LogP contribution in [0.5, 0.6) is 0 Å². The molecule has 0 saturated carbocycles. The van der Waals surface area contributed by atoms with Crippen molar-refractivity contribution in [1.82, 2.24) is 4.90 Å². The minimum Gasteiger partial charge on any atom is -0.462 e. The van der Waals surface area contributed by atoms with Crippen LogP contribution in [0.4, 0.5) is 5.00 Å². The molecule has 2 unspecified atom stereocenters. The van der Waals surface area contributed by atoms with Crippen molar-refractivity contribution < 1.29 is 23.9 Å². The monoisotopic (exact) mass is 410 g/mol. The minimum atomic E-state index is -0.554. The van der Waals surface area contributed by atoms with Gasteiger partial charge in [-0.1, -0.05) is 6.42 Å². The molecule has 1 aliphatic heterocycles. The number of nitrogens with zero attached hydrogens (tertiary/aromatic N) is 1. The number of nitrogens with one attached hydrogen (secondary N) is 1. The van der Waals surface area contributed by atoms with E-state index in [1.54, 1.807) is 20.8 Å². The fourth-order valence-electron chi connectivity index (χ4n) is 3.56. The van der Waals surface area contributed by atoms with E-state index in [2.05, 4.69) is 24.1 Å². The fourth-order valence-corrected chi connectivity index (χ4v) is 4.67. The topological polar surface area (TPSA) is 84.9 Å². The van der Waals surface area contributed by atoms with E-state index < -0.39 is 11.9 Å². The van der Waals surface area contributed by atoms with Crippen molar-refractivity contribution in [2.45, 2.75) is 66.0 Å². The predicted octanol–water partition coefficient (Wildman–Crippen LogP) is 3.61. The third kappa shape index (κ3) is 5.11. The lowest BCUT2D eigenvalue weighted by molar-refractivity contribution is -0.118. The number of likely N-dealkylation sites (tertiary alicyclic amines) is 1. The van der Waals surface area contributed by atoms with Crippen molar-refractivity contribution in [2.75, 3.05) is 25.1 Å². The summed E-state index contributed by atoms with van der Waals surface area (Å²) in [6, 6.07) is 0.665. The van der Waals surface area contributed by atoms with Crippen molar-refractivity contribution in [1.29, 1.82) is 0 Å². The summed E-state index contributed by atoms with van der Waals surface area (Å²) in [4.78, 5) is 39.8. The number of hydrogen-bond donors (Lipinski definition) is 1. The van der Waals surface area contributed by atoms with Crippen LogP contribution in [0.25, 0.3) is 0 Å². The van der Waals surface area contributed by atoms with Crippen LogP contribution in [-0.4, -0.2) is 54.6 Å². The maximum absolute atomic E-state index is 12.7. The molecule has 0 aliphatic carbocycles. The van der Waals surface area contributed by atoms with Gasteiger partial charge >= 0.3 is 11.9 Å². The maximum atomic E-state index is 12.7. The lowest BCUT2D eigenvalue weighted by Crippen LogP contribution is -2.47. The highest BCUT2D eigenvalue weighted by atomic mass is 32.1. The van der Waals surface area contributed by atoms with Crippen molar-refractivity contribution in [3.05, 3.63) is 16.0 Å². The van der Waals surface area contributed by atoms with E-state index in [0.717, 1.165) is 24.2 Å². The highest BCUT2D eigenvalue weighted by Gasteiger charge is 2.30. The molecule has 7 nitrogen and oxygen atoms in total. The van der Waals surface area contributed by atoms with Crippen LogP contribution < -0.4 is 5.32 Å². The number of carbonyl (C=O) groups is 3. The fraction of sp³-hybridized carbons (Fsp3) is 0.650. The summed E-state index contributed by atoms with van der Waals surface area (Å²) in [5.74, 6) is -1.26. The van der Waals surface area contributed by atoms with E-state index in [1.807, 2.05) is 0 Å². The first-order chi connectivity index (χ1) is 13.3. The van der Waals surface area contributed by atoms with E-state index in [9.17, 15) is 14.4 Å². The number of thiophene rings is 1. The molecule has 0 bridgehead atoms. The molecule has 0 spiro atoms. The van der Waals surface area contributed by atoms with Gasteiger partial charge in [-0.05, 0) is 53.0 Å². The standard InChI is InChI=1S/C20H30N2O5S/c1-6-26-19(24)16-14(5)17(20(25)27-7-2)28-18(16)21-15(23)11-22-12(3)9-8-10-13(22)4/h12-13H,6-11H2,1-5H3,(H,21,23). The Bertz CT molecular complexity index is 720. The number of carbonyl (C=O) groups excluding carboxylic acids is 3. The van der Waals surface area contributed by atoms with Gasteiger partial charge in [-0.15, -0.1) is 11.3 Å². The Kier molecular flexibility index (Phi) is 8.00. The van der Waals surface area contributed by atoms with Crippen molar-refractivity contribution in [3.63, 3.8) is 0 Å². The molecular weight excluding hydrogens is 380 g/mol. The van der Waals surface area contributed by atoms with Gasteiger partial charge in [0.2, 0.25) is 5.91 Å². The highest BCUT2D eigenvalue weighted by Crippen LogP contribution is 2.34. The number of hydrogen-bond acceptors (Lipinski definition) is 7. The quantitative estimate of drug-likeness (QED) is 0.691. The zero-order chi connectivity index (χ0) is 20.8. The Morgan fingerprint density at radius 2 is 1.64 bits per heavy atom. The Morgan fingerprint density at radius 3 is 2.21 bits per heavy atom. The van der Waals surface area contributed by atoms with Gasteiger partial charge in [-0.3, -0.25) is 9.69 Å². The van der Waals surface area contributed by atoms with Crippen LogP contribution in [0.2, 0.25) is 0 Å². The lowest BCUT2D eigenvalue weighted by Gasteiger charge is -2.38. The number of ether oxygens (including phenoxy) is 2. The smallest absolute Gasteiger partial charge is 0.348 e. The SMILES string of the molecule is CCOC(=O)c1sc(NC(=O)CN2C(C)CCCC2C)c(C(=O)OCC)c1C. The first-order valence-corrected chi connectivity index (χ1v) is 10.6. The number of piperidine rings is 1. The summed E-state index contributed by atoms with van der Waals surface area (Å²) in [6.07, 6.45) is 3.30. The van der Waals surface area contributed by atoms with Gasteiger partial charge in [0.1, 0.15) is 9.88 Å². The number of esters is 2. The van der Waals surface area contributed by atoms with Crippen LogP contribution in [0, 0.1) is 6.92 Å². The van der Waals surface area contributed by atoms with Crippen molar-refractivity contribution >= 4 is 34.2 Å². The van der Waals surface area contributed by atoms with Crippen LogP contribution >= 0.6 is 11.3 Å². The molecule has 2 atom stereocenters. The molecule has 1 amide bonds. The Hall–Kier alpha value is -1.93. The molecule has 8 heteroatoms. The summed E-state index contributed by atoms with van der Waals surface area (Å²) < 4.78 is 10.2. The zero-order valence-corrected chi connectivity index (χ0v) is 18.1. The molecule has 1 aliphatic rings. The minimum absolute atomic E-state index is 0.206. The summed E-state index contributed by atoms with van der Waals surface area (Å²) >= 11 is 1.05. The Morgan fingerprint density at radius 1 is 1.07 bits per heavy atom. The largest absolute Gasteiger partial charge is 0.462 e. The van der Waals surface area contributed by atoms with Gasteiger partial charge < -0.3 is 14.8 Å². The maximum Gasteiger partial charge on any atom is 0.348 e. The average Bonchev–Trinajstić information content (AvgIpc) is 2.95. The molecule has 1 aromatic heterocycles. The second kappa shape index (κ2) is 10.0. The van der Waals surface area contributed by atoms with Gasteiger partial charge in [0.25, 0.3) is 0 Å². The van der Waals surface area contributed by atoms with Crippen LogP contribution in [0.3, 0.4) is 0 Å². The molecule has 156 valence electrons. The molecule has 0 aromatic carbocycles. The first kappa shape index (κ1) is 22.4. The second-order valence-electron chi connectivity index (χ2n) is 7.05. The third-order valence-electron chi connectivity index (χ3n) is 5.04. The number of rotatable bonds is 7. The summed E-state index contributed by atoms with van der Waals surface area (Å²) in [5.41, 5.74) is 0.694. The van der Waals surface area contributed by atoms with E-state index in [4.69, 9.17) is 9.47 Å². The predicted molar refractivity (Wildman–Crippen MR) is 109 cm³/mol. The van der Waals surface area contributed by atoms with E-state index in [0.29, 0.717) is 27.5 Å². The highest BCUT2D eigenvalue weighted by molar-refractivity contribution is 7.18. The van der Waals surface area contributed by atoms with Crippen molar-refractivity contribution in [2.24, 2.45) is 0 Å². The number of anilines is 1. The Labute approximate surface area is 170 Å². The van der Waals surface area contributed by atoms with E-state index in [-0.39, 0.29) is 31.2 Å². The molecule has 1 aromatic rings.